The molecular formula is C16H10Cl3NO2S2. The Hall–Kier alpha value is -1.24. The molecule has 0 radical (unpaired) electrons. The summed E-state index contributed by atoms with van der Waals surface area (Å²) >= 11 is 19.3. The summed E-state index contributed by atoms with van der Waals surface area (Å²) in [4.78, 5) is -0.194. The van der Waals surface area contributed by atoms with Gasteiger partial charge in [-0.1, -0.05) is 65.1 Å². The second-order valence-corrected chi connectivity index (χ2v) is 8.48. The van der Waals surface area contributed by atoms with Crippen molar-refractivity contribution in [3.05, 3.63) is 68.3 Å². The normalized spacial score (nSPS) is 11.5. The predicted molar refractivity (Wildman–Crippen MR) is 102 cm³/mol. The lowest BCUT2D eigenvalue weighted by atomic mass is 10.1. The quantitative estimate of drug-likeness (QED) is 0.550. The molecular weight excluding hydrogens is 409 g/mol. The molecule has 0 saturated heterocycles. The van der Waals surface area contributed by atoms with Gasteiger partial charge in [0.05, 0.1) is 15.7 Å². The van der Waals surface area contributed by atoms with Crippen LogP contribution in [0.2, 0.25) is 15.1 Å². The summed E-state index contributed by atoms with van der Waals surface area (Å²) in [6.45, 7) is 0. The fourth-order valence-corrected chi connectivity index (χ4v) is 5.68. The van der Waals surface area contributed by atoms with Crippen LogP contribution in [0.1, 0.15) is 0 Å². The SMILES string of the molecule is O=S(=O)(Nc1cscc1-c1ccccc1)c1c(Cl)cc(Cl)cc1Cl. The molecule has 0 aliphatic carbocycles. The number of sulfonamides is 1. The molecule has 0 saturated carbocycles. The van der Waals surface area contributed by atoms with Crippen LogP contribution in [0.25, 0.3) is 11.1 Å². The molecule has 0 atom stereocenters. The fraction of sp³-hybridized carbons (Fsp3) is 0. The molecule has 0 aliphatic heterocycles. The first-order valence-corrected chi connectivity index (χ1v) is 10.2. The van der Waals surface area contributed by atoms with E-state index in [0.29, 0.717) is 5.69 Å². The maximum atomic E-state index is 12.7. The molecule has 124 valence electrons. The molecule has 0 bridgehead atoms. The summed E-state index contributed by atoms with van der Waals surface area (Å²) < 4.78 is 28.0. The van der Waals surface area contributed by atoms with Gasteiger partial charge in [0.2, 0.25) is 0 Å². The van der Waals surface area contributed by atoms with Crippen LogP contribution in [0, 0.1) is 0 Å². The summed E-state index contributed by atoms with van der Waals surface area (Å²) in [5, 5.41) is 3.80. The summed E-state index contributed by atoms with van der Waals surface area (Å²) in [7, 11) is -3.96. The molecule has 2 aromatic carbocycles. The van der Waals surface area contributed by atoms with Crippen LogP contribution >= 0.6 is 46.1 Å². The minimum atomic E-state index is -3.96. The third-order valence-electron chi connectivity index (χ3n) is 3.22. The minimum Gasteiger partial charge on any atom is -0.278 e. The van der Waals surface area contributed by atoms with E-state index in [9.17, 15) is 8.42 Å². The van der Waals surface area contributed by atoms with E-state index in [1.54, 1.807) is 5.38 Å². The maximum absolute atomic E-state index is 12.7. The lowest BCUT2D eigenvalue weighted by molar-refractivity contribution is 0.601. The van der Waals surface area contributed by atoms with Gasteiger partial charge in [-0.05, 0) is 17.7 Å². The highest BCUT2D eigenvalue weighted by Crippen LogP contribution is 2.37. The number of hydrogen-bond acceptors (Lipinski definition) is 3. The number of hydrogen-bond donors (Lipinski definition) is 1. The van der Waals surface area contributed by atoms with Gasteiger partial charge in [-0.25, -0.2) is 8.42 Å². The topological polar surface area (TPSA) is 46.2 Å². The molecule has 8 heteroatoms. The third-order valence-corrected chi connectivity index (χ3v) is 6.47. The van der Waals surface area contributed by atoms with Gasteiger partial charge in [0, 0.05) is 21.3 Å². The van der Waals surface area contributed by atoms with Crippen LogP contribution in [0.15, 0.2) is 58.1 Å². The highest BCUT2D eigenvalue weighted by atomic mass is 35.5. The van der Waals surface area contributed by atoms with Crippen molar-refractivity contribution in [1.82, 2.24) is 0 Å². The summed E-state index contributed by atoms with van der Waals surface area (Å²) in [6.07, 6.45) is 0. The molecule has 1 aromatic heterocycles. The van der Waals surface area contributed by atoms with Gasteiger partial charge in [-0.15, -0.1) is 11.3 Å². The Morgan fingerprint density at radius 2 is 1.54 bits per heavy atom. The number of thiophene rings is 1. The van der Waals surface area contributed by atoms with E-state index in [-0.39, 0.29) is 20.0 Å². The third kappa shape index (κ3) is 3.55. The maximum Gasteiger partial charge on any atom is 0.264 e. The first-order valence-electron chi connectivity index (χ1n) is 6.67. The Labute approximate surface area is 158 Å². The van der Waals surface area contributed by atoms with E-state index in [0.717, 1.165) is 11.1 Å². The number of anilines is 1. The van der Waals surface area contributed by atoms with E-state index >= 15 is 0 Å². The van der Waals surface area contributed by atoms with E-state index in [1.165, 1.54) is 23.5 Å². The van der Waals surface area contributed by atoms with Crippen LogP contribution in [-0.4, -0.2) is 8.42 Å². The Balaban J connectivity index is 2.02. The van der Waals surface area contributed by atoms with Gasteiger partial charge in [0.1, 0.15) is 4.90 Å². The number of rotatable bonds is 4. The smallest absolute Gasteiger partial charge is 0.264 e. The van der Waals surface area contributed by atoms with Crippen molar-refractivity contribution >= 4 is 61.9 Å². The van der Waals surface area contributed by atoms with E-state index in [2.05, 4.69) is 4.72 Å². The predicted octanol–water partition coefficient (Wildman–Crippen LogP) is 6.18. The fourth-order valence-electron chi connectivity index (χ4n) is 2.20. The van der Waals surface area contributed by atoms with Crippen molar-refractivity contribution in [3.63, 3.8) is 0 Å². The van der Waals surface area contributed by atoms with E-state index < -0.39 is 10.0 Å². The summed E-state index contributed by atoms with van der Waals surface area (Å²) in [6, 6.07) is 12.2. The number of benzene rings is 2. The Kier molecular flexibility index (Phi) is 5.08. The zero-order valence-electron chi connectivity index (χ0n) is 12.0. The average Bonchev–Trinajstić information content (AvgIpc) is 2.94. The zero-order valence-corrected chi connectivity index (χ0v) is 15.9. The molecule has 0 spiro atoms. The number of nitrogens with one attached hydrogen (secondary N) is 1. The molecule has 0 aliphatic rings. The van der Waals surface area contributed by atoms with Gasteiger partial charge in [0.15, 0.2) is 0 Å². The van der Waals surface area contributed by atoms with Gasteiger partial charge in [-0.3, -0.25) is 4.72 Å². The van der Waals surface area contributed by atoms with Crippen LogP contribution in [0.3, 0.4) is 0 Å². The Morgan fingerprint density at radius 3 is 2.17 bits per heavy atom. The van der Waals surface area contributed by atoms with Crippen molar-refractivity contribution in [3.8, 4) is 11.1 Å². The molecule has 0 unspecified atom stereocenters. The Morgan fingerprint density at radius 1 is 0.917 bits per heavy atom. The first kappa shape index (κ1) is 17.6. The molecule has 1 heterocycles. The molecule has 0 amide bonds. The summed E-state index contributed by atoms with van der Waals surface area (Å²) in [5.41, 5.74) is 2.16. The van der Waals surface area contributed by atoms with Crippen molar-refractivity contribution in [2.75, 3.05) is 4.72 Å². The largest absolute Gasteiger partial charge is 0.278 e. The average molecular weight is 419 g/mol. The van der Waals surface area contributed by atoms with Crippen molar-refractivity contribution in [2.45, 2.75) is 4.90 Å². The molecule has 3 rings (SSSR count). The lowest BCUT2D eigenvalue weighted by Crippen LogP contribution is -2.14. The van der Waals surface area contributed by atoms with E-state index in [1.807, 2.05) is 35.7 Å². The van der Waals surface area contributed by atoms with Gasteiger partial charge in [-0.2, -0.15) is 0 Å². The molecule has 1 N–H and O–H groups in total. The molecule has 24 heavy (non-hydrogen) atoms. The van der Waals surface area contributed by atoms with Crippen molar-refractivity contribution in [2.24, 2.45) is 0 Å². The van der Waals surface area contributed by atoms with Crippen LogP contribution in [-0.2, 0) is 10.0 Å². The van der Waals surface area contributed by atoms with Crippen molar-refractivity contribution < 1.29 is 8.42 Å². The van der Waals surface area contributed by atoms with E-state index in [4.69, 9.17) is 34.8 Å². The Bertz CT molecular complexity index is 963. The first-order chi connectivity index (χ1) is 11.4. The summed E-state index contributed by atoms with van der Waals surface area (Å²) in [5.74, 6) is 0. The van der Waals surface area contributed by atoms with Gasteiger partial charge < -0.3 is 0 Å². The van der Waals surface area contributed by atoms with Crippen molar-refractivity contribution in [1.29, 1.82) is 0 Å². The molecule has 0 fully saturated rings. The minimum absolute atomic E-state index is 0.0310. The monoisotopic (exact) mass is 417 g/mol. The molecule has 3 aromatic rings. The highest BCUT2D eigenvalue weighted by molar-refractivity contribution is 7.93. The van der Waals surface area contributed by atoms with Crippen LogP contribution < -0.4 is 4.72 Å². The molecule has 3 nitrogen and oxygen atoms in total. The second-order valence-electron chi connectivity index (χ2n) is 4.87. The van der Waals surface area contributed by atoms with Gasteiger partial charge >= 0.3 is 0 Å². The second kappa shape index (κ2) is 6.94. The highest BCUT2D eigenvalue weighted by Gasteiger charge is 2.24. The van der Waals surface area contributed by atoms with Gasteiger partial charge in [0.25, 0.3) is 10.0 Å². The number of halogens is 3. The lowest BCUT2D eigenvalue weighted by Gasteiger charge is -2.12. The zero-order chi connectivity index (χ0) is 17.3. The van der Waals surface area contributed by atoms with Crippen LogP contribution in [0.5, 0.6) is 0 Å². The van der Waals surface area contributed by atoms with Crippen LogP contribution in [0.4, 0.5) is 5.69 Å². The standard InChI is InChI=1S/C16H10Cl3NO2S2/c17-11-6-13(18)16(14(19)7-11)24(21,22)20-15-9-23-8-12(15)10-4-2-1-3-5-10/h1-9,20H.